The molecule has 0 radical (unpaired) electrons. The average Bonchev–Trinajstić information content (AvgIpc) is 3.31. The molecule has 0 aliphatic carbocycles. The summed E-state index contributed by atoms with van der Waals surface area (Å²) in [5.74, 6) is 0.941. The predicted octanol–water partition coefficient (Wildman–Crippen LogP) is 5.03. The van der Waals surface area contributed by atoms with E-state index in [1.54, 1.807) is 59.7 Å². The Labute approximate surface area is 207 Å². The van der Waals surface area contributed by atoms with Crippen LogP contribution in [0, 0.1) is 22.7 Å². The van der Waals surface area contributed by atoms with Crippen molar-refractivity contribution in [2.45, 2.75) is 4.90 Å². The number of pyridine rings is 1. The molecule has 5 aromatic rings. The van der Waals surface area contributed by atoms with Gasteiger partial charge in [-0.3, -0.25) is 4.98 Å². The smallest absolute Gasteiger partial charge is 0.175 e. The zero-order valence-corrected chi connectivity index (χ0v) is 19.8. The lowest BCUT2D eigenvalue weighted by molar-refractivity contribution is 0.480. The van der Waals surface area contributed by atoms with Crippen molar-refractivity contribution < 1.29 is 13.2 Å². The highest BCUT2D eigenvalue weighted by Crippen LogP contribution is 2.29. The van der Waals surface area contributed by atoms with E-state index in [1.807, 2.05) is 18.2 Å². The second-order valence-corrected chi connectivity index (χ2v) is 10.1. The van der Waals surface area contributed by atoms with Crippen molar-refractivity contribution in [2.75, 3.05) is 6.26 Å². The fraction of sp³-hybridized carbons (Fsp3) is 0.0370. The normalized spacial score (nSPS) is 11.1. The monoisotopic (exact) mass is 491 g/mol. The first kappa shape index (κ1) is 22.8. The van der Waals surface area contributed by atoms with Crippen LogP contribution in [0.3, 0.4) is 0 Å². The summed E-state index contributed by atoms with van der Waals surface area (Å²) < 4.78 is 31.2. The number of hydrogen-bond donors (Lipinski definition) is 0. The van der Waals surface area contributed by atoms with Crippen LogP contribution < -0.4 is 4.74 Å². The van der Waals surface area contributed by atoms with Gasteiger partial charge in [-0.05, 0) is 54.1 Å². The third kappa shape index (κ3) is 4.51. The zero-order valence-electron chi connectivity index (χ0n) is 19.0. The van der Waals surface area contributed by atoms with E-state index in [9.17, 15) is 13.7 Å². The van der Waals surface area contributed by atoms with Crippen molar-refractivity contribution in [1.82, 2.24) is 14.8 Å². The van der Waals surface area contributed by atoms with E-state index in [0.29, 0.717) is 33.8 Å². The average molecular weight is 492 g/mol. The van der Waals surface area contributed by atoms with Crippen LogP contribution >= 0.6 is 0 Å². The quantitative estimate of drug-likeness (QED) is 0.338. The SMILES string of the molecule is CS(=O)(=O)c1ccc2cn(-c3ccc(Oc4cncc(-c5ccc(C#N)cc5)c4)cc3C#N)nc2c1. The van der Waals surface area contributed by atoms with Crippen LogP contribution in [0.2, 0.25) is 0 Å². The topological polar surface area (TPSA) is 122 Å². The summed E-state index contributed by atoms with van der Waals surface area (Å²) in [5, 5.41) is 24.0. The Morgan fingerprint density at radius 3 is 2.39 bits per heavy atom. The van der Waals surface area contributed by atoms with E-state index >= 15 is 0 Å². The molecule has 2 heterocycles. The van der Waals surface area contributed by atoms with Gasteiger partial charge in [0.05, 0.1) is 39.5 Å². The lowest BCUT2D eigenvalue weighted by Gasteiger charge is -2.10. The number of rotatable bonds is 5. The summed E-state index contributed by atoms with van der Waals surface area (Å²) in [6.45, 7) is 0. The summed E-state index contributed by atoms with van der Waals surface area (Å²) in [5.41, 5.74) is 3.67. The van der Waals surface area contributed by atoms with Crippen LogP contribution in [-0.4, -0.2) is 29.4 Å². The standard InChI is InChI=1S/C27H17N5O3S/c1-36(33,34)25-8-6-20-17-32(31-26(20)12-25)27-9-7-23(10-21(27)14-29)35-24-11-22(15-30-16-24)19-4-2-18(13-28)3-5-19/h2-12,15-17H,1H3. The number of benzene rings is 3. The van der Waals surface area contributed by atoms with Gasteiger partial charge in [0, 0.05) is 35.7 Å². The first-order valence-corrected chi connectivity index (χ1v) is 12.6. The minimum atomic E-state index is -3.36. The highest BCUT2D eigenvalue weighted by atomic mass is 32.2. The molecule has 0 saturated carbocycles. The second kappa shape index (κ2) is 8.99. The second-order valence-electron chi connectivity index (χ2n) is 8.06. The molecule has 0 spiro atoms. The van der Waals surface area contributed by atoms with Crippen LogP contribution in [0.5, 0.6) is 11.5 Å². The lowest BCUT2D eigenvalue weighted by atomic mass is 10.1. The first-order chi connectivity index (χ1) is 17.3. The maximum atomic E-state index is 11.9. The Morgan fingerprint density at radius 1 is 0.861 bits per heavy atom. The van der Waals surface area contributed by atoms with Gasteiger partial charge in [0.15, 0.2) is 9.84 Å². The van der Waals surface area contributed by atoms with Crippen LogP contribution in [0.1, 0.15) is 11.1 Å². The number of ether oxygens (including phenoxy) is 1. The number of hydrogen-bond acceptors (Lipinski definition) is 7. The Morgan fingerprint density at radius 2 is 1.67 bits per heavy atom. The zero-order chi connectivity index (χ0) is 25.3. The molecule has 9 heteroatoms. The highest BCUT2D eigenvalue weighted by molar-refractivity contribution is 7.90. The van der Waals surface area contributed by atoms with E-state index in [-0.39, 0.29) is 4.90 Å². The summed E-state index contributed by atoms with van der Waals surface area (Å²) in [6.07, 6.45) is 6.17. The first-order valence-electron chi connectivity index (χ1n) is 10.7. The van der Waals surface area contributed by atoms with E-state index in [1.165, 1.54) is 12.1 Å². The van der Waals surface area contributed by atoms with Gasteiger partial charge in [-0.15, -0.1) is 0 Å². The van der Waals surface area contributed by atoms with Crippen LogP contribution in [-0.2, 0) is 9.84 Å². The van der Waals surface area contributed by atoms with Crippen LogP contribution in [0.25, 0.3) is 27.7 Å². The van der Waals surface area contributed by atoms with Crippen molar-refractivity contribution in [2.24, 2.45) is 0 Å². The van der Waals surface area contributed by atoms with E-state index in [4.69, 9.17) is 10.00 Å². The predicted molar refractivity (Wildman–Crippen MR) is 133 cm³/mol. The molecular formula is C27H17N5O3S. The summed E-state index contributed by atoms with van der Waals surface area (Å²) in [4.78, 5) is 4.43. The summed E-state index contributed by atoms with van der Waals surface area (Å²) >= 11 is 0. The van der Waals surface area contributed by atoms with Crippen molar-refractivity contribution in [3.05, 3.63) is 96.4 Å². The lowest BCUT2D eigenvalue weighted by Crippen LogP contribution is -1.99. The minimum Gasteiger partial charge on any atom is -0.456 e. The fourth-order valence-corrected chi connectivity index (χ4v) is 4.36. The molecule has 0 atom stereocenters. The number of fused-ring (bicyclic) bond motifs is 1. The highest BCUT2D eigenvalue weighted by Gasteiger charge is 2.13. The number of nitrogens with zero attached hydrogens (tertiary/aromatic N) is 5. The Hall–Kier alpha value is -4.99. The van der Waals surface area contributed by atoms with Crippen LogP contribution in [0.15, 0.2) is 90.2 Å². The summed E-state index contributed by atoms with van der Waals surface area (Å²) in [6, 6.07) is 23.0. The van der Waals surface area contributed by atoms with Gasteiger partial charge < -0.3 is 4.74 Å². The van der Waals surface area contributed by atoms with Gasteiger partial charge in [0.1, 0.15) is 17.6 Å². The van der Waals surface area contributed by atoms with Gasteiger partial charge in [0.25, 0.3) is 0 Å². The van der Waals surface area contributed by atoms with Crippen molar-refractivity contribution in [1.29, 1.82) is 10.5 Å². The minimum absolute atomic E-state index is 0.182. The molecule has 8 nitrogen and oxygen atoms in total. The van der Waals surface area contributed by atoms with Gasteiger partial charge in [-0.25, -0.2) is 13.1 Å². The van der Waals surface area contributed by atoms with Crippen molar-refractivity contribution >= 4 is 20.7 Å². The molecule has 36 heavy (non-hydrogen) atoms. The van der Waals surface area contributed by atoms with Crippen molar-refractivity contribution in [3.63, 3.8) is 0 Å². The molecule has 0 unspecified atom stereocenters. The van der Waals surface area contributed by atoms with Crippen LogP contribution in [0.4, 0.5) is 0 Å². The molecular weight excluding hydrogens is 474 g/mol. The van der Waals surface area contributed by atoms with Gasteiger partial charge >= 0.3 is 0 Å². The molecule has 2 aromatic heterocycles. The molecule has 0 aliphatic heterocycles. The largest absolute Gasteiger partial charge is 0.456 e. The molecule has 0 saturated heterocycles. The third-order valence-electron chi connectivity index (χ3n) is 5.54. The third-order valence-corrected chi connectivity index (χ3v) is 6.65. The van der Waals surface area contributed by atoms with Crippen molar-refractivity contribution in [3.8, 4) is 40.5 Å². The molecule has 0 fully saturated rings. The van der Waals surface area contributed by atoms with Gasteiger partial charge in [0.2, 0.25) is 0 Å². The maximum Gasteiger partial charge on any atom is 0.175 e. The molecule has 174 valence electrons. The fourth-order valence-electron chi connectivity index (χ4n) is 3.72. The molecule has 5 rings (SSSR count). The number of sulfone groups is 1. The van der Waals surface area contributed by atoms with Gasteiger partial charge in [-0.1, -0.05) is 12.1 Å². The molecule has 0 bridgehead atoms. The van der Waals surface area contributed by atoms with E-state index in [0.717, 1.165) is 22.8 Å². The number of nitriles is 2. The molecule has 0 aliphatic rings. The Bertz CT molecular complexity index is 1810. The Kier molecular flexibility index (Phi) is 5.69. The number of aromatic nitrogens is 3. The molecule has 0 amide bonds. The molecule has 3 aromatic carbocycles. The molecule has 0 N–H and O–H groups in total. The van der Waals surface area contributed by atoms with E-state index in [2.05, 4.69) is 22.2 Å². The van der Waals surface area contributed by atoms with Gasteiger partial charge in [-0.2, -0.15) is 15.6 Å². The summed E-state index contributed by atoms with van der Waals surface area (Å²) in [7, 11) is -3.36. The Balaban J connectivity index is 1.44. The maximum absolute atomic E-state index is 11.9. The van der Waals surface area contributed by atoms with E-state index < -0.39 is 9.84 Å².